The molecule has 0 radical (unpaired) electrons. The zero-order chi connectivity index (χ0) is 21.8. The van der Waals surface area contributed by atoms with E-state index in [0.717, 1.165) is 15.6 Å². The van der Waals surface area contributed by atoms with Gasteiger partial charge in [-0.2, -0.15) is 0 Å². The number of aliphatic hydroxyl groups is 1. The molecule has 5 rings (SSSR count). The number of nitrogens with two attached hydrogens (primary N) is 1. The zero-order valence-corrected chi connectivity index (χ0v) is 18.7. The molecule has 3 aromatic rings. The molecule has 1 saturated carbocycles. The molecule has 5 nitrogen and oxygen atoms in total. The fourth-order valence-electron chi connectivity index (χ4n) is 5.63. The summed E-state index contributed by atoms with van der Waals surface area (Å²) in [6.07, 6.45) is 0.410. The summed E-state index contributed by atoms with van der Waals surface area (Å²) in [7, 11) is 1.53. The Kier molecular flexibility index (Phi) is 4.77. The molecule has 3 aromatic carbocycles. The molecular formula is C25H24BrNO4. The number of halogens is 1. The Morgan fingerprint density at radius 3 is 2.48 bits per heavy atom. The van der Waals surface area contributed by atoms with E-state index in [-0.39, 0.29) is 17.6 Å². The molecule has 31 heavy (non-hydrogen) atoms. The number of rotatable bonds is 4. The number of ether oxygens (including phenoxy) is 2. The van der Waals surface area contributed by atoms with Crippen LogP contribution in [-0.2, 0) is 11.2 Å². The number of methoxy groups -OCH3 is 1. The first-order valence-electron chi connectivity index (χ1n) is 10.3. The third-order valence-electron chi connectivity index (χ3n) is 6.77. The van der Waals surface area contributed by atoms with Gasteiger partial charge in [0, 0.05) is 22.5 Å². The van der Waals surface area contributed by atoms with Gasteiger partial charge < -0.3 is 25.4 Å². The third kappa shape index (κ3) is 2.75. The Hall–Kier alpha value is -2.54. The van der Waals surface area contributed by atoms with Crippen LogP contribution >= 0.6 is 15.9 Å². The lowest BCUT2D eigenvalue weighted by Crippen LogP contribution is -2.48. The molecular weight excluding hydrogens is 458 g/mol. The van der Waals surface area contributed by atoms with E-state index in [1.54, 1.807) is 6.07 Å². The van der Waals surface area contributed by atoms with Gasteiger partial charge in [0.2, 0.25) is 0 Å². The van der Waals surface area contributed by atoms with Crippen molar-refractivity contribution in [2.45, 2.75) is 23.5 Å². The Morgan fingerprint density at radius 2 is 1.84 bits per heavy atom. The van der Waals surface area contributed by atoms with Crippen LogP contribution in [0.5, 0.6) is 17.2 Å². The van der Waals surface area contributed by atoms with Crippen LogP contribution in [0.3, 0.4) is 0 Å². The quantitative estimate of drug-likeness (QED) is 0.514. The lowest BCUT2D eigenvalue weighted by molar-refractivity contribution is -0.106. The van der Waals surface area contributed by atoms with Crippen LogP contribution in [0.2, 0.25) is 0 Å². The minimum Gasteiger partial charge on any atom is -0.508 e. The van der Waals surface area contributed by atoms with E-state index in [1.807, 2.05) is 42.5 Å². The Labute approximate surface area is 189 Å². The predicted octanol–water partition coefficient (Wildman–Crippen LogP) is 4.40. The highest BCUT2D eigenvalue weighted by atomic mass is 79.9. The molecule has 2 aliphatic rings. The molecule has 1 aliphatic carbocycles. The van der Waals surface area contributed by atoms with Crippen molar-refractivity contribution in [2.75, 3.05) is 13.7 Å². The molecule has 4 atom stereocenters. The van der Waals surface area contributed by atoms with E-state index in [1.165, 1.54) is 13.2 Å². The monoisotopic (exact) mass is 481 g/mol. The van der Waals surface area contributed by atoms with Crippen LogP contribution in [-0.4, -0.2) is 23.9 Å². The molecule has 0 amide bonds. The number of phenols is 1. The second-order valence-corrected chi connectivity index (χ2v) is 9.23. The van der Waals surface area contributed by atoms with E-state index in [0.29, 0.717) is 30.0 Å². The van der Waals surface area contributed by atoms with Gasteiger partial charge in [0.05, 0.1) is 12.7 Å². The summed E-state index contributed by atoms with van der Waals surface area (Å²) in [4.78, 5) is 0. The minimum absolute atomic E-state index is 0.0248. The molecule has 6 heteroatoms. The fourth-order valence-corrected chi connectivity index (χ4v) is 5.90. The normalized spacial score (nSPS) is 28.6. The summed E-state index contributed by atoms with van der Waals surface area (Å²) in [5.74, 6) is 0.628. The molecule has 0 spiro atoms. The van der Waals surface area contributed by atoms with E-state index < -0.39 is 11.2 Å². The van der Waals surface area contributed by atoms with Gasteiger partial charge in [-0.15, -0.1) is 0 Å². The summed E-state index contributed by atoms with van der Waals surface area (Å²) in [6.45, 7) is 0.402. The highest BCUT2D eigenvalue weighted by Crippen LogP contribution is 2.70. The lowest BCUT2D eigenvalue weighted by Gasteiger charge is -2.41. The number of aromatic hydroxyl groups is 1. The number of fused-ring (bicyclic) bond motifs is 3. The van der Waals surface area contributed by atoms with Crippen LogP contribution in [0.1, 0.15) is 29.0 Å². The molecule has 4 N–H and O–H groups in total. The zero-order valence-electron chi connectivity index (χ0n) is 17.1. The van der Waals surface area contributed by atoms with Crippen molar-refractivity contribution >= 4 is 15.9 Å². The van der Waals surface area contributed by atoms with Gasteiger partial charge in [-0.25, -0.2) is 0 Å². The first kappa shape index (κ1) is 20.4. The molecule has 0 aromatic heterocycles. The van der Waals surface area contributed by atoms with Crippen molar-refractivity contribution in [3.8, 4) is 17.2 Å². The van der Waals surface area contributed by atoms with Crippen LogP contribution < -0.4 is 15.2 Å². The number of benzene rings is 3. The molecule has 1 fully saturated rings. The molecule has 1 aliphatic heterocycles. The maximum atomic E-state index is 12.4. The van der Waals surface area contributed by atoms with Crippen molar-refractivity contribution in [2.24, 2.45) is 11.7 Å². The molecule has 0 bridgehead atoms. The Balaban J connectivity index is 1.83. The Morgan fingerprint density at radius 1 is 1.13 bits per heavy atom. The standard InChI is InChI=1S/C25H24BrNO4/c1-30-20-11-19(28)12-21-23(20)24(29)13-16(14-27)22(15-5-3-2-4-6-15)25(24,31-21)17-7-9-18(26)10-8-17/h2-12,16,22,28-29H,13-14,27H2,1H3/t16-,22?,24?,25?/m1/s1. The van der Waals surface area contributed by atoms with Crippen LogP contribution in [0.15, 0.2) is 71.2 Å². The van der Waals surface area contributed by atoms with Crippen molar-refractivity contribution in [3.05, 3.63) is 87.9 Å². The minimum atomic E-state index is -1.39. The van der Waals surface area contributed by atoms with E-state index in [2.05, 4.69) is 28.1 Å². The SMILES string of the molecule is COc1cc(O)cc2c1C1(O)C[C@H](CN)C(c3ccccc3)C1(c1ccc(Br)cc1)O2. The average molecular weight is 482 g/mol. The second kappa shape index (κ2) is 7.26. The Bertz CT molecular complexity index is 1120. The molecule has 160 valence electrons. The first-order chi connectivity index (χ1) is 14.9. The summed E-state index contributed by atoms with van der Waals surface area (Å²) in [5.41, 5.74) is 6.20. The van der Waals surface area contributed by atoms with Gasteiger partial charge in [0.25, 0.3) is 0 Å². The van der Waals surface area contributed by atoms with Crippen molar-refractivity contribution in [1.82, 2.24) is 0 Å². The van der Waals surface area contributed by atoms with Crippen LogP contribution in [0, 0.1) is 5.92 Å². The van der Waals surface area contributed by atoms with Crippen molar-refractivity contribution in [3.63, 3.8) is 0 Å². The summed E-state index contributed by atoms with van der Waals surface area (Å²) >= 11 is 3.51. The maximum absolute atomic E-state index is 12.4. The highest BCUT2D eigenvalue weighted by molar-refractivity contribution is 9.10. The highest BCUT2D eigenvalue weighted by Gasteiger charge is 2.72. The van der Waals surface area contributed by atoms with Crippen molar-refractivity contribution in [1.29, 1.82) is 0 Å². The first-order valence-corrected chi connectivity index (χ1v) is 11.1. The third-order valence-corrected chi connectivity index (χ3v) is 7.30. The van der Waals surface area contributed by atoms with Crippen molar-refractivity contribution < 1.29 is 19.7 Å². The van der Waals surface area contributed by atoms with Gasteiger partial charge in [-0.3, -0.25) is 0 Å². The predicted molar refractivity (Wildman–Crippen MR) is 121 cm³/mol. The van der Waals surface area contributed by atoms with Crippen LogP contribution in [0.25, 0.3) is 0 Å². The maximum Gasteiger partial charge on any atom is 0.174 e. The lowest BCUT2D eigenvalue weighted by atomic mass is 9.71. The summed E-state index contributed by atoms with van der Waals surface area (Å²) < 4.78 is 13.2. The molecule has 0 saturated heterocycles. The second-order valence-electron chi connectivity index (χ2n) is 8.31. The van der Waals surface area contributed by atoms with Gasteiger partial charge in [-0.05, 0) is 42.1 Å². The number of hydrogen-bond acceptors (Lipinski definition) is 5. The summed E-state index contributed by atoms with van der Waals surface area (Å²) in [5, 5.41) is 22.7. The van der Waals surface area contributed by atoms with Gasteiger partial charge >= 0.3 is 0 Å². The number of phenolic OH excluding ortho intramolecular Hbond substituents is 1. The number of hydrogen-bond donors (Lipinski definition) is 3. The smallest absolute Gasteiger partial charge is 0.174 e. The van der Waals surface area contributed by atoms with Gasteiger partial charge in [0.1, 0.15) is 22.8 Å². The van der Waals surface area contributed by atoms with E-state index >= 15 is 0 Å². The van der Waals surface area contributed by atoms with Crippen LogP contribution in [0.4, 0.5) is 0 Å². The molecule has 3 unspecified atom stereocenters. The van der Waals surface area contributed by atoms with Gasteiger partial charge in [-0.1, -0.05) is 58.4 Å². The van der Waals surface area contributed by atoms with E-state index in [9.17, 15) is 10.2 Å². The van der Waals surface area contributed by atoms with E-state index in [4.69, 9.17) is 15.2 Å². The molecule has 1 heterocycles. The summed E-state index contributed by atoms with van der Waals surface area (Å²) in [6, 6.07) is 21.0. The van der Waals surface area contributed by atoms with Gasteiger partial charge in [0.15, 0.2) is 5.60 Å². The fraction of sp³-hybridized carbons (Fsp3) is 0.280. The largest absolute Gasteiger partial charge is 0.508 e. The topological polar surface area (TPSA) is 84.9 Å². The average Bonchev–Trinajstić information content (AvgIpc) is 3.17.